The lowest BCUT2D eigenvalue weighted by Crippen LogP contribution is -2.49. The molecule has 1 aliphatic rings. The summed E-state index contributed by atoms with van der Waals surface area (Å²) in [6.45, 7) is 1.67. The van der Waals surface area contributed by atoms with Crippen LogP contribution in [-0.2, 0) is 17.6 Å². The van der Waals surface area contributed by atoms with Crippen molar-refractivity contribution in [3.05, 3.63) is 71.3 Å². The van der Waals surface area contributed by atoms with Crippen molar-refractivity contribution in [3.8, 4) is 6.07 Å². The van der Waals surface area contributed by atoms with E-state index in [0.717, 1.165) is 37.9 Å². The highest BCUT2D eigenvalue weighted by Gasteiger charge is 2.27. The normalized spacial score (nSPS) is 15.9. The van der Waals surface area contributed by atoms with Crippen molar-refractivity contribution in [2.45, 2.75) is 31.7 Å². The van der Waals surface area contributed by atoms with E-state index in [9.17, 15) is 4.79 Å². The van der Waals surface area contributed by atoms with E-state index < -0.39 is 0 Å². The Balaban J connectivity index is 1.52. The Bertz CT molecular complexity index is 772. The minimum Gasteiger partial charge on any atom is -0.341 e. The van der Waals surface area contributed by atoms with E-state index in [1.807, 2.05) is 36.2 Å². The zero-order valence-corrected chi connectivity index (χ0v) is 15.9. The molecular weight excluding hydrogens is 334 g/mol. The molecule has 27 heavy (non-hydrogen) atoms. The molecule has 3 rings (SSSR count). The Kier molecular flexibility index (Phi) is 6.62. The average molecular weight is 361 g/mol. The van der Waals surface area contributed by atoms with Gasteiger partial charge in [0.2, 0.25) is 5.91 Å². The van der Waals surface area contributed by atoms with E-state index in [2.05, 4.69) is 41.7 Å². The number of rotatable bonds is 6. The Morgan fingerprint density at radius 1 is 1.11 bits per heavy atom. The second-order valence-corrected chi connectivity index (χ2v) is 7.31. The third kappa shape index (κ3) is 5.18. The molecule has 4 heteroatoms. The maximum atomic E-state index is 12.9. The van der Waals surface area contributed by atoms with Crippen LogP contribution < -0.4 is 5.32 Å². The maximum Gasteiger partial charge on any atom is 0.240 e. The minimum atomic E-state index is -0.219. The zero-order valence-electron chi connectivity index (χ0n) is 15.9. The van der Waals surface area contributed by atoms with Crippen LogP contribution in [0.15, 0.2) is 54.6 Å². The lowest BCUT2D eigenvalue weighted by molar-refractivity contribution is -0.134. The second kappa shape index (κ2) is 9.34. The fraction of sp³-hybridized carbons (Fsp3) is 0.391. The fourth-order valence-electron chi connectivity index (χ4n) is 3.79. The van der Waals surface area contributed by atoms with Gasteiger partial charge in [-0.25, -0.2) is 0 Å². The fourth-order valence-corrected chi connectivity index (χ4v) is 3.79. The molecule has 0 unspecified atom stereocenters. The Labute approximate surface area is 161 Å². The van der Waals surface area contributed by atoms with Crippen LogP contribution in [0.5, 0.6) is 0 Å². The number of likely N-dealkylation sites (N-methyl/N-ethyl adjacent to an activating group) is 1. The topological polar surface area (TPSA) is 56.1 Å². The predicted molar refractivity (Wildman–Crippen MR) is 107 cm³/mol. The number of piperidine rings is 1. The molecule has 1 amide bonds. The van der Waals surface area contributed by atoms with Crippen LogP contribution in [0, 0.1) is 17.2 Å². The van der Waals surface area contributed by atoms with Crippen molar-refractivity contribution in [2.24, 2.45) is 5.92 Å². The van der Waals surface area contributed by atoms with Gasteiger partial charge in [-0.05, 0) is 61.9 Å². The predicted octanol–water partition coefficient (Wildman–Crippen LogP) is 3.17. The van der Waals surface area contributed by atoms with Crippen molar-refractivity contribution in [1.29, 1.82) is 5.26 Å². The molecular formula is C23H27N3O. The first-order chi connectivity index (χ1) is 13.2. The monoisotopic (exact) mass is 361 g/mol. The molecule has 0 bridgehead atoms. The van der Waals surface area contributed by atoms with E-state index in [-0.39, 0.29) is 11.9 Å². The van der Waals surface area contributed by atoms with Gasteiger partial charge in [-0.3, -0.25) is 4.79 Å². The number of nitrogens with one attached hydrogen (secondary N) is 1. The molecule has 0 spiro atoms. The summed E-state index contributed by atoms with van der Waals surface area (Å²) in [6, 6.07) is 20.0. The van der Waals surface area contributed by atoms with E-state index in [1.165, 1.54) is 5.56 Å². The number of hydrogen-bond donors (Lipinski definition) is 1. The third-order valence-corrected chi connectivity index (χ3v) is 5.46. The summed E-state index contributed by atoms with van der Waals surface area (Å²) in [4.78, 5) is 14.9. The Hall–Kier alpha value is -2.64. The van der Waals surface area contributed by atoms with E-state index in [4.69, 9.17) is 5.26 Å². The molecule has 0 aromatic heterocycles. The minimum absolute atomic E-state index is 0.181. The number of benzene rings is 2. The number of likely N-dealkylation sites (tertiary alicyclic amines) is 1. The lowest BCUT2D eigenvalue weighted by Gasteiger charge is -2.34. The van der Waals surface area contributed by atoms with Crippen molar-refractivity contribution < 1.29 is 4.79 Å². The van der Waals surface area contributed by atoms with Gasteiger partial charge < -0.3 is 10.2 Å². The molecule has 2 aromatic rings. The average Bonchev–Trinajstić information content (AvgIpc) is 2.73. The molecule has 2 aromatic carbocycles. The van der Waals surface area contributed by atoms with Gasteiger partial charge in [-0.2, -0.15) is 5.26 Å². The summed E-state index contributed by atoms with van der Waals surface area (Å²) in [5.74, 6) is 0.836. The van der Waals surface area contributed by atoms with Gasteiger partial charge in [-0.15, -0.1) is 0 Å². The van der Waals surface area contributed by atoms with Crippen LogP contribution in [0.2, 0.25) is 0 Å². The van der Waals surface area contributed by atoms with E-state index in [0.29, 0.717) is 17.9 Å². The summed E-state index contributed by atoms with van der Waals surface area (Å²) in [5, 5.41) is 12.1. The standard InChI is InChI=1S/C23H27N3O/c1-25-22(16-19-7-9-21(17-24)10-8-19)23(27)26-13-11-20(12-14-26)15-18-5-3-2-4-6-18/h2-10,20,22,25H,11-16H2,1H3/t22-/m0/s1. The maximum absolute atomic E-state index is 12.9. The van der Waals surface area contributed by atoms with Crippen LogP contribution in [0.25, 0.3) is 0 Å². The first kappa shape index (κ1) is 19.1. The molecule has 1 atom stereocenters. The summed E-state index contributed by atoms with van der Waals surface area (Å²) < 4.78 is 0. The van der Waals surface area contributed by atoms with Crippen LogP contribution in [0.1, 0.15) is 29.5 Å². The number of carbonyl (C=O) groups excluding carboxylic acids is 1. The molecule has 1 saturated heterocycles. The summed E-state index contributed by atoms with van der Waals surface area (Å²) >= 11 is 0. The van der Waals surface area contributed by atoms with E-state index >= 15 is 0 Å². The largest absolute Gasteiger partial charge is 0.341 e. The summed E-state index contributed by atoms with van der Waals surface area (Å²) in [7, 11) is 1.84. The van der Waals surface area contributed by atoms with Gasteiger partial charge in [0.05, 0.1) is 17.7 Å². The molecule has 140 valence electrons. The molecule has 1 fully saturated rings. The van der Waals surface area contributed by atoms with Crippen LogP contribution in [-0.4, -0.2) is 37.0 Å². The van der Waals surface area contributed by atoms with Gasteiger partial charge >= 0.3 is 0 Å². The van der Waals surface area contributed by atoms with Gasteiger partial charge in [0.1, 0.15) is 0 Å². The quantitative estimate of drug-likeness (QED) is 0.860. The van der Waals surface area contributed by atoms with Gasteiger partial charge in [0, 0.05) is 13.1 Å². The van der Waals surface area contributed by atoms with Crippen LogP contribution in [0.4, 0.5) is 0 Å². The second-order valence-electron chi connectivity index (χ2n) is 7.31. The third-order valence-electron chi connectivity index (χ3n) is 5.46. The Morgan fingerprint density at radius 2 is 1.78 bits per heavy atom. The number of carbonyl (C=O) groups is 1. The van der Waals surface area contributed by atoms with Crippen molar-refractivity contribution in [1.82, 2.24) is 10.2 Å². The molecule has 0 saturated carbocycles. The van der Waals surface area contributed by atoms with Crippen LogP contribution in [0.3, 0.4) is 0 Å². The molecule has 4 nitrogen and oxygen atoms in total. The summed E-state index contributed by atoms with van der Waals surface area (Å²) in [5.41, 5.74) is 3.10. The first-order valence-corrected chi connectivity index (χ1v) is 9.68. The SMILES string of the molecule is CN[C@@H](Cc1ccc(C#N)cc1)C(=O)N1CCC(Cc2ccccc2)CC1. The highest BCUT2D eigenvalue weighted by Crippen LogP contribution is 2.22. The molecule has 0 radical (unpaired) electrons. The van der Waals surface area contributed by atoms with Crippen molar-refractivity contribution in [3.63, 3.8) is 0 Å². The number of nitriles is 1. The van der Waals surface area contributed by atoms with Gasteiger partial charge in [0.25, 0.3) is 0 Å². The van der Waals surface area contributed by atoms with E-state index in [1.54, 1.807) is 0 Å². The Morgan fingerprint density at radius 3 is 2.37 bits per heavy atom. The number of amides is 1. The highest BCUT2D eigenvalue weighted by molar-refractivity contribution is 5.82. The van der Waals surface area contributed by atoms with Crippen molar-refractivity contribution in [2.75, 3.05) is 20.1 Å². The number of nitrogens with zero attached hydrogens (tertiary/aromatic N) is 2. The lowest BCUT2D eigenvalue weighted by atomic mass is 9.90. The van der Waals surface area contributed by atoms with Crippen LogP contribution >= 0.6 is 0 Å². The molecule has 1 aliphatic heterocycles. The molecule has 0 aliphatic carbocycles. The number of hydrogen-bond acceptors (Lipinski definition) is 3. The smallest absolute Gasteiger partial charge is 0.240 e. The van der Waals surface area contributed by atoms with Crippen molar-refractivity contribution >= 4 is 5.91 Å². The highest BCUT2D eigenvalue weighted by atomic mass is 16.2. The molecule has 1 heterocycles. The van der Waals surface area contributed by atoms with Gasteiger partial charge in [0.15, 0.2) is 0 Å². The zero-order chi connectivity index (χ0) is 19.1. The summed E-state index contributed by atoms with van der Waals surface area (Å²) in [6.07, 6.45) is 3.87. The first-order valence-electron chi connectivity index (χ1n) is 9.68. The van der Waals surface area contributed by atoms with Gasteiger partial charge in [-0.1, -0.05) is 42.5 Å². The molecule has 1 N–H and O–H groups in total.